The van der Waals surface area contributed by atoms with Crippen molar-refractivity contribution in [1.82, 2.24) is 5.32 Å². The van der Waals surface area contributed by atoms with Crippen molar-refractivity contribution in [1.29, 1.82) is 0 Å². The van der Waals surface area contributed by atoms with Gasteiger partial charge in [-0.05, 0) is 32.1 Å². The van der Waals surface area contributed by atoms with E-state index < -0.39 is 12.1 Å². The number of carbonyl (C=O) groups excluding carboxylic acids is 2. The van der Waals surface area contributed by atoms with E-state index in [0.717, 1.165) is 38.5 Å². The van der Waals surface area contributed by atoms with E-state index in [-0.39, 0.29) is 18.5 Å². The van der Waals surface area contributed by atoms with E-state index in [1.54, 1.807) is 6.08 Å². The van der Waals surface area contributed by atoms with Crippen LogP contribution in [0.5, 0.6) is 0 Å². The van der Waals surface area contributed by atoms with Crippen LogP contribution in [0.1, 0.15) is 399 Å². The van der Waals surface area contributed by atoms with Gasteiger partial charge in [0.1, 0.15) is 0 Å². The van der Waals surface area contributed by atoms with Crippen molar-refractivity contribution in [3.8, 4) is 0 Å². The van der Waals surface area contributed by atoms with E-state index in [0.29, 0.717) is 19.4 Å². The van der Waals surface area contributed by atoms with E-state index in [4.69, 9.17) is 4.74 Å². The van der Waals surface area contributed by atoms with Crippen LogP contribution in [0.15, 0.2) is 12.2 Å². The third kappa shape index (κ3) is 61.8. The van der Waals surface area contributed by atoms with Gasteiger partial charge in [0.25, 0.3) is 0 Å². The van der Waals surface area contributed by atoms with Gasteiger partial charge in [0, 0.05) is 12.8 Å². The Morgan fingerprint density at radius 1 is 0.355 bits per heavy atom. The molecule has 0 spiro atoms. The maximum Gasteiger partial charge on any atom is 0.305 e. The summed E-state index contributed by atoms with van der Waals surface area (Å²) in [6, 6.07) is -0.624. The predicted octanol–water partition coefficient (Wildman–Crippen LogP) is 22.4. The molecule has 0 saturated heterocycles. The summed E-state index contributed by atoms with van der Waals surface area (Å²) in [7, 11) is 0. The van der Waals surface area contributed by atoms with Crippen LogP contribution in [-0.2, 0) is 14.3 Å². The molecule has 0 aromatic carbocycles. The summed E-state index contributed by atoms with van der Waals surface area (Å²) in [5.41, 5.74) is 0. The summed E-state index contributed by atoms with van der Waals surface area (Å²) in [5, 5.41) is 23.2. The predicted molar refractivity (Wildman–Crippen MR) is 333 cm³/mol. The molecule has 76 heavy (non-hydrogen) atoms. The number of ether oxygens (including phenoxy) is 1. The van der Waals surface area contributed by atoms with E-state index in [9.17, 15) is 19.8 Å². The molecule has 452 valence electrons. The average Bonchev–Trinajstić information content (AvgIpc) is 3.42. The molecule has 0 fully saturated rings. The van der Waals surface area contributed by atoms with Gasteiger partial charge in [-0.2, -0.15) is 0 Å². The molecule has 0 heterocycles. The van der Waals surface area contributed by atoms with Crippen molar-refractivity contribution < 1.29 is 24.5 Å². The minimum atomic E-state index is -0.841. The minimum Gasteiger partial charge on any atom is -0.466 e. The number of nitrogens with one attached hydrogen (secondary N) is 1. The standard InChI is InChI=1S/C70H137NO5/c1-3-5-7-9-11-13-15-17-35-38-42-46-50-54-58-62-68(73)67(66-72)71-69(74)63-59-55-51-47-43-39-36-33-31-29-27-25-23-21-19-20-22-24-26-28-30-32-34-37-41-45-49-53-57-61-65-76-70(75)64-60-56-52-48-44-40-18-16-14-12-10-8-6-4-2/h58,62,67-68,72-73H,3-57,59-61,63-66H2,1-2H3,(H,71,74)/b62-58+. The van der Waals surface area contributed by atoms with Gasteiger partial charge in [0.2, 0.25) is 5.91 Å². The number of hydrogen-bond acceptors (Lipinski definition) is 5. The Labute approximate surface area is 476 Å². The summed E-state index contributed by atoms with van der Waals surface area (Å²) in [4.78, 5) is 24.5. The Morgan fingerprint density at radius 2 is 0.605 bits per heavy atom. The van der Waals surface area contributed by atoms with E-state index in [1.807, 2.05) is 6.08 Å². The number of aliphatic hydroxyl groups is 2. The molecule has 0 saturated carbocycles. The lowest BCUT2D eigenvalue weighted by molar-refractivity contribution is -0.143. The van der Waals surface area contributed by atoms with Crippen molar-refractivity contribution in [2.75, 3.05) is 13.2 Å². The molecular formula is C70H137NO5. The summed E-state index contributed by atoms with van der Waals surface area (Å²) in [5.74, 6) is -0.0383. The van der Waals surface area contributed by atoms with Crippen LogP contribution in [-0.4, -0.2) is 47.4 Å². The highest BCUT2D eigenvalue weighted by atomic mass is 16.5. The molecule has 2 atom stereocenters. The lowest BCUT2D eigenvalue weighted by Crippen LogP contribution is -2.45. The zero-order valence-corrected chi connectivity index (χ0v) is 51.8. The SMILES string of the molecule is CCCCCCCCCCCCCCC/C=C/C(O)C(CO)NC(=O)CCCCCCCCCCCCCCCCCCCCCCCCCCCCCCCCOC(=O)CCCCCCCCCCCCCCCC. The van der Waals surface area contributed by atoms with Crippen LogP contribution < -0.4 is 5.32 Å². The Hall–Kier alpha value is -1.40. The second kappa shape index (κ2) is 66.1. The number of aliphatic hydroxyl groups excluding tert-OH is 2. The van der Waals surface area contributed by atoms with Crippen molar-refractivity contribution in [3.63, 3.8) is 0 Å². The third-order valence-corrected chi connectivity index (χ3v) is 16.6. The van der Waals surface area contributed by atoms with Gasteiger partial charge in [0.05, 0.1) is 25.4 Å². The first-order chi connectivity index (χ1) is 37.5. The Kier molecular flexibility index (Phi) is 64.9. The van der Waals surface area contributed by atoms with Crippen LogP contribution >= 0.6 is 0 Å². The highest BCUT2D eigenvalue weighted by molar-refractivity contribution is 5.76. The minimum absolute atomic E-state index is 0.0229. The Morgan fingerprint density at radius 3 is 0.895 bits per heavy atom. The zero-order chi connectivity index (χ0) is 55.0. The first kappa shape index (κ1) is 74.6. The number of unbranched alkanes of at least 4 members (excludes halogenated alkanes) is 55. The molecule has 3 N–H and O–H groups in total. The molecule has 0 rings (SSSR count). The summed E-state index contributed by atoms with van der Waals surface area (Å²) in [6.07, 6.45) is 81.5. The topological polar surface area (TPSA) is 95.9 Å². The van der Waals surface area contributed by atoms with Crippen molar-refractivity contribution in [2.24, 2.45) is 0 Å². The number of rotatable bonds is 66. The third-order valence-electron chi connectivity index (χ3n) is 16.6. The highest BCUT2D eigenvalue weighted by Crippen LogP contribution is 2.19. The first-order valence-corrected chi connectivity index (χ1v) is 35.0. The van der Waals surface area contributed by atoms with Crippen LogP contribution in [0.3, 0.4) is 0 Å². The fourth-order valence-corrected chi connectivity index (χ4v) is 11.2. The van der Waals surface area contributed by atoms with Crippen LogP contribution in [0, 0.1) is 0 Å². The molecule has 2 unspecified atom stereocenters. The molecule has 0 aliphatic rings. The normalized spacial score (nSPS) is 12.5. The van der Waals surface area contributed by atoms with Gasteiger partial charge >= 0.3 is 5.97 Å². The number of hydrogen-bond donors (Lipinski definition) is 3. The lowest BCUT2D eigenvalue weighted by atomic mass is 10.0. The molecule has 0 aromatic rings. The fourth-order valence-electron chi connectivity index (χ4n) is 11.2. The van der Waals surface area contributed by atoms with E-state index in [1.165, 1.54) is 334 Å². The van der Waals surface area contributed by atoms with Gasteiger partial charge in [-0.1, -0.05) is 366 Å². The van der Waals surface area contributed by atoms with E-state index in [2.05, 4.69) is 19.2 Å². The highest BCUT2D eigenvalue weighted by Gasteiger charge is 2.18. The lowest BCUT2D eigenvalue weighted by Gasteiger charge is -2.20. The zero-order valence-electron chi connectivity index (χ0n) is 51.8. The Balaban J connectivity index is 3.33. The number of allylic oxidation sites excluding steroid dienone is 1. The number of esters is 1. The van der Waals surface area contributed by atoms with Crippen molar-refractivity contribution >= 4 is 11.9 Å². The summed E-state index contributed by atoms with van der Waals surface area (Å²) in [6.45, 7) is 4.94. The largest absolute Gasteiger partial charge is 0.466 e. The quantitative estimate of drug-likeness (QED) is 0.0320. The average molecular weight is 1070 g/mol. The maximum absolute atomic E-state index is 12.5. The summed E-state index contributed by atoms with van der Waals surface area (Å²) >= 11 is 0. The van der Waals surface area contributed by atoms with Gasteiger partial charge in [-0.15, -0.1) is 0 Å². The monoisotopic (exact) mass is 1070 g/mol. The fraction of sp³-hybridized carbons (Fsp3) is 0.943. The molecule has 1 amide bonds. The van der Waals surface area contributed by atoms with Crippen molar-refractivity contribution in [2.45, 2.75) is 411 Å². The molecular weight excluding hydrogens is 935 g/mol. The Bertz CT molecular complexity index is 1140. The molecule has 0 aliphatic heterocycles. The van der Waals surface area contributed by atoms with Gasteiger partial charge < -0.3 is 20.3 Å². The maximum atomic E-state index is 12.5. The number of carbonyl (C=O) groups is 2. The van der Waals surface area contributed by atoms with Gasteiger partial charge in [-0.25, -0.2) is 0 Å². The van der Waals surface area contributed by atoms with Crippen molar-refractivity contribution in [3.05, 3.63) is 12.2 Å². The van der Waals surface area contributed by atoms with Crippen LogP contribution in [0.2, 0.25) is 0 Å². The smallest absolute Gasteiger partial charge is 0.305 e. The van der Waals surface area contributed by atoms with E-state index >= 15 is 0 Å². The molecule has 0 aliphatic carbocycles. The second-order valence-corrected chi connectivity index (χ2v) is 24.2. The summed E-state index contributed by atoms with van der Waals surface area (Å²) < 4.78 is 5.50. The number of amides is 1. The first-order valence-electron chi connectivity index (χ1n) is 35.0. The second-order valence-electron chi connectivity index (χ2n) is 24.2. The van der Waals surface area contributed by atoms with Gasteiger partial charge in [0.15, 0.2) is 0 Å². The molecule has 6 heteroatoms. The van der Waals surface area contributed by atoms with Crippen LogP contribution in [0.25, 0.3) is 0 Å². The van der Waals surface area contributed by atoms with Gasteiger partial charge in [-0.3, -0.25) is 9.59 Å². The molecule has 0 bridgehead atoms. The molecule has 6 nitrogen and oxygen atoms in total. The molecule has 0 radical (unpaired) electrons. The molecule has 0 aromatic heterocycles. The van der Waals surface area contributed by atoms with Crippen LogP contribution in [0.4, 0.5) is 0 Å².